The molecule has 0 radical (unpaired) electrons. The maximum absolute atomic E-state index is 13.9. The number of amides is 2. The van der Waals surface area contributed by atoms with E-state index in [1.165, 1.54) is 12.1 Å². The predicted molar refractivity (Wildman–Crippen MR) is 92.1 cm³/mol. The van der Waals surface area contributed by atoms with Crippen molar-refractivity contribution in [3.8, 4) is 6.19 Å². The first-order valence-corrected chi connectivity index (χ1v) is 8.44. The first kappa shape index (κ1) is 18.7. The summed E-state index contributed by atoms with van der Waals surface area (Å²) in [5.74, 6) is -1.20. The molecular weight excluding hydrogens is 323 g/mol. The summed E-state index contributed by atoms with van der Waals surface area (Å²) in [6.45, 7) is 4.47. The lowest BCUT2D eigenvalue weighted by Gasteiger charge is -2.29. The van der Waals surface area contributed by atoms with E-state index < -0.39 is 17.8 Å². The smallest absolute Gasteiger partial charge is 0.244 e. The van der Waals surface area contributed by atoms with Crippen molar-refractivity contribution >= 4 is 17.5 Å². The van der Waals surface area contributed by atoms with Gasteiger partial charge in [-0.3, -0.25) is 14.5 Å². The van der Waals surface area contributed by atoms with Crippen LogP contribution in [0.5, 0.6) is 0 Å². The zero-order valence-corrected chi connectivity index (χ0v) is 14.6. The van der Waals surface area contributed by atoms with Crippen LogP contribution in [0.25, 0.3) is 0 Å². The van der Waals surface area contributed by atoms with Crippen LogP contribution in [0, 0.1) is 24.2 Å². The lowest BCUT2D eigenvalue weighted by molar-refractivity contribution is -0.136. The quantitative estimate of drug-likeness (QED) is 0.653. The lowest BCUT2D eigenvalue weighted by Crippen LogP contribution is -2.50. The number of halogens is 1. The summed E-state index contributed by atoms with van der Waals surface area (Å²) >= 11 is 0. The highest BCUT2D eigenvalue weighted by atomic mass is 19.1. The van der Waals surface area contributed by atoms with E-state index in [0.29, 0.717) is 13.1 Å². The van der Waals surface area contributed by atoms with Crippen LogP contribution in [0.1, 0.15) is 31.7 Å². The molecule has 1 aromatic carbocycles. The second-order valence-corrected chi connectivity index (χ2v) is 6.32. The molecular formula is C18H23FN4O2. The summed E-state index contributed by atoms with van der Waals surface area (Å²) in [5, 5.41) is 11.8. The van der Waals surface area contributed by atoms with Gasteiger partial charge in [-0.25, -0.2) is 4.39 Å². The summed E-state index contributed by atoms with van der Waals surface area (Å²) in [5.41, 5.74) is 0.832. The van der Waals surface area contributed by atoms with Crippen LogP contribution in [0.4, 0.5) is 10.1 Å². The number of carbonyl (C=O) groups excluding carboxylic acids is 2. The SMILES string of the molecule is Cc1ccc(F)c(N(C#N)CC(=O)N[C@H](C)C(=O)N2CCCCC2)c1. The molecule has 1 aliphatic rings. The molecule has 7 heteroatoms. The van der Waals surface area contributed by atoms with Crippen LogP contribution >= 0.6 is 0 Å². The molecule has 0 aromatic heterocycles. The summed E-state index contributed by atoms with van der Waals surface area (Å²) in [6.07, 6.45) is 4.88. The molecule has 1 N–H and O–H groups in total. The standard InChI is InChI=1S/C18H23FN4O2/c1-13-6-7-15(19)16(10-13)23(12-20)11-17(24)21-14(2)18(25)22-8-4-3-5-9-22/h6-7,10,14H,3-5,8-9,11H2,1-2H3,(H,21,24)/t14-/m1/s1. The van der Waals surface area contributed by atoms with Crippen molar-refractivity contribution in [3.05, 3.63) is 29.6 Å². The van der Waals surface area contributed by atoms with Gasteiger partial charge in [0.25, 0.3) is 0 Å². The van der Waals surface area contributed by atoms with E-state index in [2.05, 4.69) is 5.32 Å². The minimum Gasteiger partial charge on any atom is -0.343 e. The number of benzene rings is 1. The van der Waals surface area contributed by atoms with Gasteiger partial charge in [-0.05, 0) is 50.8 Å². The average molecular weight is 346 g/mol. The Balaban J connectivity index is 1.96. The van der Waals surface area contributed by atoms with Gasteiger partial charge in [0, 0.05) is 13.1 Å². The molecule has 2 amide bonds. The van der Waals surface area contributed by atoms with Gasteiger partial charge in [0.2, 0.25) is 11.8 Å². The van der Waals surface area contributed by atoms with Gasteiger partial charge in [0.05, 0.1) is 5.69 Å². The fourth-order valence-corrected chi connectivity index (χ4v) is 2.88. The van der Waals surface area contributed by atoms with Crippen molar-refractivity contribution in [2.45, 2.75) is 39.2 Å². The predicted octanol–water partition coefficient (Wildman–Crippen LogP) is 1.94. The first-order valence-electron chi connectivity index (χ1n) is 8.44. The average Bonchev–Trinajstić information content (AvgIpc) is 2.61. The van der Waals surface area contributed by atoms with Crippen molar-refractivity contribution in [2.24, 2.45) is 0 Å². The maximum Gasteiger partial charge on any atom is 0.244 e. The minimum atomic E-state index is -0.673. The number of likely N-dealkylation sites (tertiary alicyclic amines) is 1. The van der Waals surface area contributed by atoms with Gasteiger partial charge in [-0.1, -0.05) is 6.07 Å². The molecule has 0 bridgehead atoms. The Labute approximate surface area is 147 Å². The zero-order chi connectivity index (χ0) is 18.4. The highest BCUT2D eigenvalue weighted by Gasteiger charge is 2.24. The van der Waals surface area contributed by atoms with E-state index in [9.17, 15) is 19.2 Å². The molecule has 6 nitrogen and oxygen atoms in total. The Morgan fingerprint density at radius 2 is 2.04 bits per heavy atom. The maximum atomic E-state index is 13.9. The molecule has 134 valence electrons. The zero-order valence-electron chi connectivity index (χ0n) is 14.6. The lowest BCUT2D eigenvalue weighted by atomic mass is 10.1. The fourth-order valence-electron chi connectivity index (χ4n) is 2.88. The van der Waals surface area contributed by atoms with Gasteiger partial charge in [0.1, 0.15) is 18.4 Å². The van der Waals surface area contributed by atoms with E-state index in [4.69, 9.17) is 0 Å². The van der Waals surface area contributed by atoms with Gasteiger partial charge >= 0.3 is 0 Å². The van der Waals surface area contributed by atoms with Crippen molar-refractivity contribution in [3.63, 3.8) is 0 Å². The van der Waals surface area contributed by atoms with Crippen LogP contribution in [-0.4, -0.2) is 42.4 Å². The first-order chi connectivity index (χ1) is 11.9. The molecule has 25 heavy (non-hydrogen) atoms. The third-order valence-corrected chi connectivity index (χ3v) is 4.23. The van der Waals surface area contributed by atoms with E-state index in [1.54, 1.807) is 24.8 Å². The van der Waals surface area contributed by atoms with Gasteiger partial charge < -0.3 is 10.2 Å². The Morgan fingerprint density at radius 3 is 2.68 bits per heavy atom. The normalized spacial score (nSPS) is 15.2. The van der Waals surface area contributed by atoms with Crippen LogP contribution in [-0.2, 0) is 9.59 Å². The number of aryl methyl sites for hydroxylation is 1. The molecule has 1 aliphatic heterocycles. The summed E-state index contributed by atoms with van der Waals surface area (Å²) in [6, 6.07) is 3.69. The second-order valence-electron chi connectivity index (χ2n) is 6.32. The van der Waals surface area contributed by atoms with Gasteiger partial charge in [-0.2, -0.15) is 5.26 Å². The summed E-state index contributed by atoms with van der Waals surface area (Å²) in [7, 11) is 0. The Kier molecular flexibility index (Phi) is 6.34. The number of nitrogens with zero attached hydrogens (tertiary/aromatic N) is 3. The van der Waals surface area contributed by atoms with Crippen molar-refractivity contribution in [1.29, 1.82) is 5.26 Å². The topological polar surface area (TPSA) is 76.4 Å². The van der Waals surface area contributed by atoms with Crippen LogP contribution in [0.15, 0.2) is 18.2 Å². The summed E-state index contributed by atoms with van der Waals surface area (Å²) in [4.78, 5) is 27.2. The number of carbonyl (C=O) groups is 2. The number of anilines is 1. The number of rotatable bonds is 5. The molecule has 0 saturated carbocycles. The molecule has 1 atom stereocenters. The Bertz CT molecular complexity index is 680. The largest absolute Gasteiger partial charge is 0.343 e. The number of piperidine rings is 1. The Hall–Kier alpha value is -2.62. The highest BCUT2D eigenvalue weighted by molar-refractivity contribution is 5.89. The van der Waals surface area contributed by atoms with Crippen LogP contribution < -0.4 is 10.2 Å². The highest BCUT2D eigenvalue weighted by Crippen LogP contribution is 2.20. The van der Waals surface area contributed by atoms with Crippen molar-refractivity contribution < 1.29 is 14.0 Å². The number of nitriles is 1. The third-order valence-electron chi connectivity index (χ3n) is 4.23. The molecule has 1 heterocycles. The van der Waals surface area contributed by atoms with E-state index in [0.717, 1.165) is 29.7 Å². The molecule has 0 aliphatic carbocycles. The van der Waals surface area contributed by atoms with Gasteiger partial charge in [-0.15, -0.1) is 0 Å². The fraction of sp³-hybridized carbons (Fsp3) is 0.500. The van der Waals surface area contributed by atoms with Crippen LogP contribution in [0.2, 0.25) is 0 Å². The molecule has 1 aromatic rings. The molecule has 2 rings (SSSR count). The van der Waals surface area contributed by atoms with Gasteiger partial charge in [0.15, 0.2) is 6.19 Å². The molecule has 0 unspecified atom stereocenters. The number of nitrogens with one attached hydrogen (secondary N) is 1. The van der Waals surface area contributed by atoms with Crippen LogP contribution in [0.3, 0.4) is 0 Å². The minimum absolute atomic E-state index is 0.0488. The van der Waals surface area contributed by atoms with E-state index >= 15 is 0 Å². The number of hydrogen-bond acceptors (Lipinski definition) is 4. The summed E-state index contributed by atoms with van der Waals surface area (Å²) < 4.78 is 13.9. The molecule has 1 fully saturated rings. The monoisotopic (exact) mass is 346 g/mol. The van der Waals surface area contributed by atoms with E-state index in [-0.39, 0.29) is 18.1 Å². The van der Waals surface area contributed by atoms with Crippen molar-refractivity contribution in [2.75, 3.05) is 24.5 Å². The van der Waals surface area contributed by atoms with E-state index in [1.807, 2.05) is 6.19 Å². The molecule has 0 spiro atoms. The number of hydrogen-bond donors (Lipinski definition) is 1. The van der Waals surface area contributed by atoms with Crippen molar-refractivity contribution in [1.82, 2.24) is 10.2 Å². The second kappa shape index (κ2) is 8.47. The molecule has 1 saturated heterocycles. The third kappa shape index (κ3) is 4.92. The Morgan fingerprint density at radius 1 is 1.36 bits per heavy atom.